The van der Waals surface area contributed by atoms with Gasteiger partial charge in [-0.15, -0.1) is 5.10 Å². The minimum absolute atomic E-state index is 0.0928. The Morgan fingerprint density at radius 2 is 1.73 bits per heavy atom. The third-order valence-electron chi connectivity index (χ3n) is 3.38. The third-order valence-corrected chi connectivity index (χ3v) is 4.58. The van der Waals surface area contributed by atoms with Gasteiger partial charge in [0.05, 0.1) is 11.8 Å². The molecule has 0 bridgehead atoms. The van der Waals surface area contributed by atoms with Crippen LogP contribution >= 0.6 is 11.8 Å². The summed E-state index contributed by atoms with van der Waals surface area (Å²) in [5.41, 5.74) is 1.88. The fraction of sp³-hybridized carbons (Fsp3) is 0.0588. The van der Waals surface area contributed by atoms with Crippen molar-refractivity contribution in [2.24, 2.45) is 0 Å². The molecule has 2 aromatic carbocycles. The zero-order chi connectivity index (χ0) is 14.8. The van der Waals surface area contributed by atoms with Gasteiger partial charge in [0, 0.05) is 4.90 Å². The summed E-state index contributed by atoms with van der Waals surface area (Å²) in [5, 5.41) is 8.49. The maximum absolute atomic E-state index is 5.63. The summed E-state index contributed by atoms with van der Waals surface area (Å²) in [5.74, 6) is 0.851. The Hall–Kier alpha value is -2.53. The SMILES string of the molecule is c1ccc(SC(c2ccco2)n2nnc3ccccc32)cc1. The van der Waals surface area contributed by atoms with Crippen molar-refractivity contribution in [1.29, 1.82) is 0 Å². The van der Waals surface area contributed by atoms with E-state index in [-0.39, 0.29) is 5.37 Å². The summed E-state index contributed by atoms with van der Waals surface area (Å²) in [6.45, 7) is 0. The predicted octanol–water partition coefficient (Wildman–Crippen LogP) is 4.36. The van der Waals surface area contributed by atoms with Crippen LogP contribution < -0.4 is 0 Å². The lowest BCUT2D eigenvalue weighted by atomic mass is 10.3. The van der Waals surface area contributed by atoms with Crippen LogP contribution in [0.15, 0.2) is 82.3 Å². The highest BCUT2D eigenvalue weighted by atomic mass is 32.2. The molecule has 4 aromatic rings. The van der Waals surface area contributed by atoms with Crippen LogP contribution in [0, 0.1) is 0 Å². The lowest BCUT2D eigenvalue weighted by Crippen LogP contribution is -2.08. The lowest BCUT2D eigenvalue weighted by Gasteiger charge is -2.15. The first-order valence-electron chi connectivity index (χ1n) is 6.97. The second kappa shape index (κ2) is 5.69. The molecule has 0 saturated heterocycles. The zero-order valence-electron chi connectivity index (χ0n) is 11.7. The normalized spacial score (nSPS) is 12.5. The van der Waals surface area contributed by atoms with Crippen LogP contribution in [0.3, 0.4) is 0 Å². The minimum atomic E-state index is -0.0928. The smallest absolute Gasteiger partial charge is 0.162 e. The molecule has 22 heavy (non-hydrogen) atoms. The molecule has 2 aromatic heterocycles. The van der Waals surface area contributed by atoms with E-state index in [1.54, 1.807) is 18.0 Å². The first kappa shape index (κ1) is 13.2. The molecule has 0 aliphatic heterocycles. The highest BCUT2D eigenvalue weighted by Gasteiger charge is 2.21. The summed E-state index contributed by atoms with van der Waals surface area (Å²) < 4.78 is 7.54. The van der Waals surface area contributed by atoms with Gasteiger partial charge < -0.3 is 4.42 Å². The molecule has 0 fully saturated rings. The molecule has 0 N–H and O–H groups in total. The van der Waals surface area contributed by atoms with Gasteiger partial charge in [0.2, 0.25) is 0 Å². The lowest BCUT2D eigenvalue weighted by molar-refractivity contribution is 0.473. The zero-order valence-corrected chi connectivity index (χ0v) is 12.5. The molecular formula is C17H13N3OS. The van der Waals surface area contributed by atoms with E-state index in [4.69, 9.17) is 4.42 Å². The summed E-state index contributed by atoms with van der Waals surface area (Å²) in [6, 6.07) is 22.0. The van der Waals surface area contributed by atoms with Crippen LogP contribution in [0.5, 0.6) is 0 Å². The van der Waals surface area contributed by atoms with E-state index >= 15 is 0 Å². The van der Waals surface area contributed by atoms with Gasteiger partial charge in [-0.1, -0.05) is 47.3 Å². The van der Waals surface area contributed by atoms with Crippen molar-refractivity contribution in [2.45, 2.75) is 10.3 Å². The van der Waals surface area contributed by atoms with Gasteiger partial charge in [0.1, 0.15) is 11.3 Å². The van der Waals surface area contributed by atoms with E-state index in [0.717, 1.165) is 21.7 Å². The molecule has 4 nitrogen and oxygen atoms in total. The number of hydrogen-bond donors (Lipinski definition) is 0. The molecule has 0 aliphatic carbocycles. The van der Waals surface area contributed by atoms with Crippen LogP contribution in [0.4, 0.5) is 0 Å². The van der Waals surface area contributed by atoms with Crippen molar-refractivity contribution >= 4 is 22.8 Å². The summed E-state index contributed by atoms with van der Waals surface area (Å²) in [4.78, 5) is 1.16. The number of nitrogens with zero attached hydrogens (tertiary/aromatic N) is 3. The van der Waals surface area contributed by atoms with Crippen LogP contribution in [0.25, 0.3) is 11.0 Å². The molecule has 1 unspecified atom stereocenters. The molecule has 5 heteroatoms. The van der Waals surface area contributed by atoms with Crippen molar-refractivity contribution in [1.82, 2.24) is 15.0 Å². The molecule has 0 aliphatic rings. The second-order valence-corrected chi connectivity index (χ2v) is 5.98. The van der Waals surface area contributed by atoms with Crippen LogP contribution in [0.1, 0.15) is 11.1 Å². The Morgan fingerprint density at radius 1 is 0.909 bits per heavy atom. The fourth-order valence-electron chi connectivity index (χ4n) is 2.35. The molecule has 4 rings (SSSR count). The van der Waals surface area contributed by atoms with E-state index in [9.17, 15) is 0 Å². The van der Waals surface area contributed by atoms with E-state index in [1.165, 1.54) is 0 Å². The van der Waals surface area contributed by atoms with E-state index in [0.29, 0.717) is 0 Å². The predicted molar refractivity (Wildman–Crippen MR) is 86.7 cm³/mol. The van der Waals surface area contributed by atoms with Gasteiger partial charge in [-0.05, 0) is 36.4 Å². The summed E-state index contributed by atoms with van der Waals surface area (Å²) >= 11 is 1.69. The largest absolute Gasteiger partial charge is 0.466 e. The Labute approximate surface area is 131 Å². The minimum Gasteiger partial charge on any atom is -0.466 e. The standard InChI is InChI=1S/C17H13N3OS/c1-2-7-13(8-3-1)22-17(16-11-6-12-21-16)20-15-10-5-4-9-14(15)18-19-20/h1-12,17H. The molecular weight excluding hydrogens is 294 g/mol. The molecule has 0 radical (unpaired) electrons. The number of benzene rings is 2. The quantitative estimate of drug-likeness (QED) is 0.525. The average Bonchev–Trinajstić information content (AvgIpc) is 3.24. The van der Waals surface area contributed by atoms with Gasteiger partial charge in [0.15, 0.2) is 5.37 Å². The van der Waals surface area contributed by atoms with Crippen molar-refractivity contribution in [3.05, 3.63) is 78.8 Å². The first-order chi connectivity index (χ1) is 10.9. The number of fused-ring (bicyclic) bond motifs is 1. The van der Waals surface area contributed by atoms with E-state index < -0.39 is 0 Å². The molecule has 0 amide bonds. The second-order valence-electron chi connectivity index (χ2n) is 4.82. The van der Waals surface area contributed by atoms with Crippen molar-refractivity contribution in [2.75, 3.05) is 0 Å². The monoisotopic (exact) mass is 307 g/mol. The van der Waals surface area contributed by atoms with E-state index in [2.05, 4.69) is 22.4 Å². The third kappa shape index (κ3) is 2.40. The van der Waals surface area contributed by atoms with Crippen molar-refractivity contribution in [3.8, 4) is 0 Å². The van der Waals surface area contributed by atoms with Gasteiger partial charge >= 0.3 is 0 Å². The van der Waals surface area contributed by atoms with Gasteiger partial charge in [-0.25, -0.2) is 4.68 Å². The number of rotatable bonds is 4. The van der Waals surface area contributed by atoms with Crippen LogP contribution in [-0.4, -0.2) is 15.0 Å². The fourth-order valence-corrected chi connectivity index (χ4v) is 3.43. The van der Waals surface area contributed by atoms with Crippen molar-refractivity contribution < 1.29 is 4.42 Å². The topological polar surface area (TPSA) is 43.9 Å². The maximum Gasteiger partial charge on any atom is 0.162 e. The van der Waals surface area contributed by atoms with Crippen LogP contribution in [-0.2, 0) is 0 Å². The highest BCUT2D eigenvalue weighted by Crippen LogP contribution is 2.37. The number of thioether (sulfide) groups is 1. The highest BCUT2D eigenvalue weighted by molar-refractivity contribution is 7.99. The average molecular weight is 307 g/mol. The Bertz CT molecular complexity index is 871. The first-order valence-corrected chi connectivity index (χ1v) is 7.85. The number of aromatic nitrogens is 3. The van der Waals surface area contributed by atoms with Crippen molar-refractivity contribution in [3.63, 3.8) is 0 Å². The molecule has 0 spiro atoms. The molecule has 0 saturated carbocycles. The van der Waals surface area contributed by atoms with Gasteiger partial charge in [0.25, 0.3) is 0 Å². The van der Waals surface area contributed by atoms with Gasteiger partial charge in [-0.2, -0.15) is 0 Å². The maximum atomic E-state index is 5.63. The van der Waals surface area contributed by atoms with Gasteiger partial charge in [-0.3, -0.25) is 0 Å². The Kier molecular flexibility index (Phi) is 3.40. The Morgan fingerprint density at radius 3 is 2.55 bits per heavy atom. The number of hydrogen-bond acceptors (Lipinski definition) is 4. The molecule has 2 heterocycles. The molecule has 1 atom stereocenters. The van der Waals surface area contributed by atoms with Crippen LogP contribution in [0.2, 0.25) is 0 Å². The molecule has 108 valence electrons. The summed E-state index contributed by atoms with van der Waals surface area (Å²) in [7, 11) is 0. The number of para-hydroxylation sites is 1. The van der Waals surface area contributed by atoms with E-state index in [1.807, 2.05) is 59.3 Å². The summed E-state index contributed by atoms with van der Waals surface area (Å²) in [6.07, 6.45) is 1.69. The number of furan rings is 1. The Balaban J connectivity index is 1.81.